The Hall–Kier alpha value is -1.87. The fraction of sp³-hybridized carbons (Fsp3) is 0.278. The number of nitrogens with zero attached hydrogens (tertiary/aromatic N) is 4. The Labute approximate surface area is 169 Å². The first-order chi connectivity index (χ1) is 13.2. The van der Waals surface area contributed by atoms with Gasteiger partial charge in [-0.25, -0.2) is 4.98 Å². The zero-order chi connectivity index (χ0) is 18.8. The van der Waals surface area contributed by atoms with Gasteiger partial charge in [-0.15, -0.1) is 21.5 Å². The molecule has 0 N–H and O–H groups in total. The standard InChI is InChI=1S/C18H17ClN4O2S2/c1-11(16-21-22-17(25-16)15-4-3-9-26-15)27-18-20-13-10-12(19)5-6-14(13)23(18)7-8-24-2/h3-6,9-11H,7-8H2,1-2H3. The first-order valence-electron chi connectivity index (χ1n) is 8.34. The zero-order valence-electron chi connectivity index (χ0n) is 14.8. The van der Waals surface area contributed by atoms with Gasteiger partial charge in [0.2, 0.25) is 5.89 Å². The fourth-order valence-corrected chi connectivity index (χ4v) is 4.47. The van der Waals surface area contributed by atoms with E-state index in [1.807, 2.05) is 42.6 Å². The third-order valence-electron chi connectivity index (χ3n) is 4.00. The van der Waals surface area contributed by atoms with Gasteiger partial charge in [0.15, 0.2) is 5.16 Å². The molecule has 140 valence electrons. The molecule has 4 rings (SSSR count). The number of fused-ring (bicyclic) bond motifs is 1. The quantitative estimate of drug-likeness (QED) is 0.378. The lowest BCUT2D eigenvalue weighted by atomic mass is 10.3. The zero-order valence-corrected chi connectivity index (χ0v) is 17.1. The van der Waals surface area contributed by atoms with E-state index in [-0.39, 0.29) is 5.25 Å². The molecule has 1 aromatic carbocycles. The van der Waals surface area contributed by atoms with E-state index in [4.69, 9.17) is 25.7 Å². The molecule has 0 saturated carbocycles. The number of ether oxygens (including phenoxy) is 1. The van der Waals surface area contributed by atoms with E-state index in [9.17, 15) is 0 Å². The van der Waals surface area contributed by atoms with Crippen LogP contribution in [0.3, 0.4) is 0 Å². The van der Waals surface area contributed by atoms with Crippen LogP contribution in [0.2, 0.25) is 5.02 Å². The number of methoxy groups -OCH3 is 1. The Morgan fingerprint density at radius 1 is 1.33 bits per heavy atom. The molecular formula is C18H17ClN4O2S2. The maximum atomic E-state index is 6.12. The molecule has 0 aliphatic rings. The van der Waals surface area contributed by atoms with E-state index in [1.165, 1.54) is 0 Å². The van der Waals surface area contributed by atoms with Crippen molar-refractivity contribution in [2.24, 2.45) is 0 Å². The van der Waals surface area contributed by atoms with Gasteiger partial charge in [-0.1, -0.05) is 29.4 Å². The SMILES string of the molecule is COCCn1c(SC(C)c2nnc(-c3cccs3)o2)nc2cc(Cl)ccc21. The summed E-state index contributed by atoms with van der Waals surface area (Å²) < 4.78 is 13.2. The molecule has 0 aliphatic heterocycles. The monoisotopic (exact) mass is 420 g/mol. The second-order valence-corrected chi connectivity index (χ2v) is 8.55. The van der Waals surface area contributed by atoms with Crippen LogP contribution in [0, 0.1) is 0 Å². The predicted molar refractivity (Wildman–Crippen MR) is 109 cm³/mol. The number of hydrogen-bond acceptors (Lipinski definition) is 7. The number of thiophene rings is 1. The van der Waals surface area contributed by atoms with Gasteiger partial charge in [0.25, 0.3) is 5.89 Å². The molecule has 3 heterocycles. The average molecular weight is 421 g/mol. The second kappa shape index (κ2) is 8.02. The molecule has 0 bridgehead atoms. The maximum absolute atomic E-state index is 6.12. The van der Waals surface area contributed by atoms with E-state index >= 15 is 0 Å². The van der Waals surface area contributed by atoms with Crippen LogP contribution in [0.5, 0.6) is 0 Å². The largest absolute Gasteiger partial charge is 0.419 e. The molecule has 0 fully saturated rings. The van der Waals surface area contributed by atoms with E-state index in [2.05, 4.69) is 14.8 Å². The molecule has 0 aliphatic carbocycles. The lowest BCUT2D eigenvalue weighted by Crippen LogP contribution is -2.06. The van der Waals surface area contributed by atoms with Crippen LogP contribution in [-0.4, -0.2) is 33.5 Å². The summed E-state index contributed by atoms with van der Waals surface area (Å²) in [6.45, 7) is 3.33. The van der Waals surface area contributed by atoms with Gasteiger partial charge in [-0.2, -0.15) is 0 Å². The van der Waals surface area contributed by atoms with Crippen molar-refractivity contribution in [1.82, 2.24) is 19.7 Å². The van der Waals surface area contributed by atoms with Gasteiger partial charge in [0.1, 0.15) is 0 Å². The van der Waals surface area contributed by atoms with Crippen LogP contribution < -0.4 is 0 Å². The van der Waals surface area contributed by atoms with E-state index in [1.54, 1.807) is 30.2 Å². The topological polar surface area (TPSA) is 66.0 Å². The molecule has 0 saturated heterocycles. The summed E-state index contributed by atoms with van der Waals surface area (Å²) in [5, 5.41) is 11.9. The van der Waals surface area contributed by atoms with Crippen molar-refractivity contribution in [1.29, 1.82) is 0 Å². The smallest absolute Gasteiger partial charge is 0.257 e. The highest BCUT2D eigenvalue weighted by Gasteiger charge is 2.20. The molecule has 4 aromatic rings. The third-order valence-corrected chi connectivity index (χ3v) is 6.17. The molecule has 0 spiro atoms. The van der Waals surface area contributed by atoms with E-state index in [0.29, 0.717) is 30.0 Å². The third kappa shape index (κ3) is 3.89. The minimum atomic E-state index is -0.0419. The lowest BCUT2D eigenvalue weighted by Gasteiger charge is -2.10. The van der Waals surface area contributed by atoms with Crippen molar-refractivity contribution in [2.75, 3.05) is 13.7 Å². The molecule has 27 heavy (non-hydrogen) atoms. The highest BCUT2D eigenvalue weighted by molar-refractivity contribution is 7.99. The Kier molecular flexibility index (Phi) is 5.49. The number of halogens is 1. The highest BCUT2D eigenvalue weighted by atomic mass is 35.5. The number of hydrogen-bond donors (Lipinski definition) is 0. The van der Waals surface area contributed by atoms with Gasteiger partial charge in [-0.05, 0) is 36.6 Å². The van der Waals surface area contributed by atoms with Gasteiger partial charge in [-0.3, -0.25) is 0 Å². The second-order valence-electron chi connectivity index (χ2n) is 5.85. The van der Waals surface area contributed by atoms with Crippen molar-refractivity contribution in [3.63, 3.8) is 0 Å². The number of aromatic nitrogens is 4. The lowest BCUT2D eigenvalue weighted by molar-refractivity contribution is 0.186. The summed E-state index contributed by atoms with van der Waals surface area (Å²) in [7, 11) is 1.69. The Balaban J connectivity index is 1.62. The summed E-state index contributed by atoms with van der Waals surface area (Å²) >= 11 is 9.28. The van der Waals surface area contributed by atoms with Crippen LogP contribution in [0.25, 0.3) is 21.8 Å². The van der Waals surface area contributed by atoms with Crippen LogP contribution in [0.4, 0.5) is 0 Å². The summed E-state index contributed by atoms with van der Waals surface area (Å²) in [6, 6.07) is 9.66. The Morgan fingerprint density at radius 3 is 3.00 bits per heavy atom. The Bertz CT molecular complexity index is 1050. The number of thioether (sulfide) groups is 1. The highest BCUT2D eigenvalue weighted by Crippen LogP contribution is 2.37. The summed E-state index contributed by atoms with van der Waals surface area (Å²) in [5.41, 5.74) is 1.88. The van der Waals surface area contributed by atoms with Crippen molar-refractivity contribution in [3.8, 4) is 10.8 Å². The number of benzene rings is 1. The van der Waals surface area contributed by atoms with E-state index < -0.39 is 0 Å². The average Bonchev–Trinajstić information content (AvgIpc) is 3.39. The molecule has 3 aromatic heterocycles. The maximum Gasteiger partial charge on any atom is 0.257 e. The molecule has 1 atom stereocenters. The van der Waals surface area contributed by atoms with Gasteiger partial charge < -0.3 is 13.7 Å². The van der Waals surface area contributed by atoms with Crippen molar-refractivity contribution >= 4 is 45.7 Å². The van der Waals surface area contributed by atoms with Crippen molar-refractivity contribution in [3.05, 3.63) is 46.6 Å². The van der Waals surface area contributed by atoms with Gasteiger partial charge in [0, 0.05) is 18.7 Å². The number of imidazole rings is 1. The molecule has 1 unspecified atom stereocenters. The van der Waals surface area contributed by atoms with E-state index in [0.717, 1.165) is 21.1 Å². The molecular weight excluding hydrogens is 404 g/mol. The summed E-state index contributed by atoms with van der Waals surface area (Å²) in [4.78, 5) is 5.71. The Morgan fingerprint density at radius 2 is 2.22 bits per heavy atom. The fourth-order valence-electron chi connectivity index (χ4n) is 2.68. The molecule has 6 nitrogen and oxygen atoms in total. The first-order valence-corrected chi connectivity index (χ1v) is 10.5. The predicted octanol–water partition coefficient (Wildman–Crippen LogP) is 5.30. The van der Waals surface area contributed by atoms with Gasteiger partial charge >= 0.3 is 0 Å². The summed E-state index contributed by atoms with van der Waals surface area (Å²) in [5.74, 6) is 1.12. The summed E-state index contributed by atoms with van der Waals surface area (Å²) in [6.07, 6.45) is 0. The minimum absolute atomic E-state index is 0.0419. The first kappa shape index (κ1) is 18.5. The molecule has 9 heteroatoms. The van der Waals surface area contributed by atoms with Crippen molar-refractivity contribution < 1.29 is 9.15 Å². The van der Waals surface area contributed by atoms with Crippen LogP contribution >= 0.6 is 34.7 Å². The van der Waals surface area contributed by atoms with Gasteiger partial charge in [0.05, 0.1) is 27.8 Å². The molecule has 0 radical (unpaired) electrons. The number of rotatable bonds is 7. The minimum Gasteiger partial charge on any atom is -0.419 e. The van der Waals surface area contributed by atoms with Crippen LogP contribution in [0.1, 0.15) is 18.1 Å². The molecule has 0 amide bonds. The van der Waals surface area contributed by atoms with Crippen LogP contribution in [0.15, 0.2) is 45.3 Å². The van der Waals surface area contributed by atoms with Crippen molar-refractivity contribution in [2.45, 2.75) is 23.9 Å². The normalized spacial score (nSPS) is 12.7. The van der Waals surface area contributed by atoms with Crippen LogP contribution in [-0.2, 0) is 11.3 Å².